The van der Waals surface area contributed by atoms with Crippen molar-refractivity contribution in [2.24, 2.45) is 0 Å². The predicted octanol–water partition coefficient (Wildman–Crippen LogP) is 2.48. The molecule has 0 heterocycles. The largest absolute Gasteiger partial charge is 0.325 e. The lowest BCUT2D eigenvalue weighted by molar-refractivity contribution is -0.116. The lowest BCUT2D eigenvalue weighted by atomic mass is 10.3. The van der Waals surface area contributed by atoms with Crippen LogP contribution in [0.2, 0.25) is 5.02 Å². The predicted molar refractivity (Wildman–Crippen MR) is 68.1 cm³/mol. The molecule has 1 N–H and O–H groups in total. The van der Waals surface area contributed by atoms with E-state index in [0.29, 0.717) is 12.8 Å². The summed E-state index contributed by atoms with van der Waals surface area (Å²) in [7, 11) is -3.47. The zero-order valence-electron chi connectivity index (χ0n) is 9.66. The lowest BCUT2D eigenvalue weighted by Gasteiger charge is -2.10. The second kappa shape index (κ2) is 5.51. The number of rotatable bonds is 4. The highest BCUT2D eigenvalue weighted by Gasteiger charge is 2.18. The zero-order chi connectivity index (χ0) is 13.1. The van der Waals surface area contributed by atoms with E-state index in [1.807, 2.05) is 6.92 Å². The first-order valence-corrected chi connectivity index (χ1v) is 7.41. The van der Waals surface area contributed by atoms with E-state index in [-0.39, 0.29) is 21.5 Å². The number of benzene rings is 1. The van der Waals surface area contributed by atoms with Gasteiger partial charge in [0.05, 0.1) is 10.7 Å². The van der Waals surface area contributed by atoms with Gasteiger partial charge in [-0.15, -0.1) is 0 Å². The van der Waals surface area contributed by atoms with Gasteiger partial charge in [0.2, 0.25) is 5.91 Å². The van der Waals surface area contributed by atoms with Crippen LogP contribution in [0.5, 0.6) is 0 Å². The van der Waals surface area contributed by atoms with Crippen LogP contribution >= 0.6 is 11.6 Å². The SMILES string of the molecule is CCCC(=O)Nc1cccc(Cl)c1S(C)(=O)=O. The quantitative estimate of drug-likeness (QED) is 0.918. The molecule has 0 spiro atoms. The molecule has 0 unspecified atom stereocenters. The highest BCUT2D eigenvalue weighted by Crippen LogP contribution is 2.29. The first-order chi connectivity index (χ1) is 7.86. The minimum Gasteiger partial charge on any atom is -0.325 e. The third-order valence-electron chi connectivity index (χ3n) is 2.09. The minimum atomic E-state index is -3.47. The van der Waals surface area contributed by atoms with Crippen molar-refractivity contribution < 1.29 is 13.2 Å². The average molecular weight is 276 g/mol. The van der Waals surface area contributed by atoms with Crippen molar-refractivity contribution in [2.45, 2.75) is 24.7 Å². The Morgan fingerprint density at radius 1 is 1.41 bits per heavy atom. The summed E-state index contributed by atoms with van der Waals surface area (Å²) >= 11 is 5.84. The summed E-state index contributed by atoms with van der Waals surface area (Å²) < 4.78 is 23.2. The van der Waals surface area contributed by atoms with Gasteiger partial charge in [-0.1, -0.05) is 24.6 Å². The molecule has 4 nitrogen and oxygen atoms in total. The zero-order valence-corrected chi connectivity index (χ0v) is 11.2. The van der Waals surface area contributed by atoms with Gasteiger partial charge in [-0.3, -0.25) is 4.79 Å². The molecule has 1 rings (SSSR count). The Bertz CT molecular complexity index is 526. The number of anilines is 1. The molecule has 1 aromatic rings. The number of carbonyl (C=O) groups is 1. The first kappa shape index (κ1) is 14.0. The average Bonchev–Trinajstić information content (AvgIpc) is 2.15. The van der Waals surface area contributed by atoms with Crippen LogP contribution in [0.4, 0.5) is 5.69 Å². The van der Waals surface area contributed by atoms with Crippen molar-refractivity contribution in [3.63, 3.8) is 0 Å². The summed E-state index contributed by atoms with van der Waals surface area (Å²) in [6, 6.07) is 4.60. The Balaban J connectivity index is 3.17. The summed E-state index contributed by atoms with van der Waals surface area (Å²) in [5, 5.41) is 2.67. The Morgan fingerprint density at radius 3 is 2.59 bits per heavy atom. The van der Waals surface area contributed by atoms with Crippen LogP contribution in [0, 0.1) is 0 Å². The van der Waals surface area contributed by atoms with Crippen LogP contribution in [0.15, 0.2) is 23.1 Å². The monoisotopic (exact) mass is 275 g/mol. The molecule has 0 aliphatic heterocycles. The molecular formula is C11H14ClNO3S. The van der Waals surface area contributed by atoms with E-state index in [1.165, 1.54) is 12.1 Å². The number of nitrogens with one attached hydrogen (secondary N) is 1. The van der Waals surface area contributed by atoms with Gasteiger partial charge in [-0.25, -0.2) is 8.42 Å². The molecule has 0 aliphatic rings. The van der Waals surface area contributed by atoms with Crippen molar-refractivity contribution in [3.05, 3.63) is 23.2 Å². The highest BCUT2D eigenvalue weighted by atomic mass is 35.5. The van der Waals surface area contributed by atoms with Gasteiger partial charge in [0.15, 0.2) is 9.84 Å². The maximum absolute atomic E-state index is 11.6. The van der Waals surface area contributed by atoms with Crippen LogP contribution in [-0.2, 0) is 14.6 Å². The van der Waals surface area contributed by atoms with Gasteiger partial charge in [0.1, 0.15) is 4.90 Å². The Labute approximate surface area is 106 Å². The summed E-state index contributed by atoms with van der Waals surface area (Å²) in [5.41, 5.74) is 0.235. The van der Waals surface area contributed by atoms with Crippen LogP contribution in [0.1, 0.15) is 19.8 Å². The number of sulfone groups is 1. The standard InChI is InChI=1S/C11H14ClNO3S/c1-3-5-10(14)13-9-7-4-6-8(12)11(9)17(2,15)16/h4,6-7H,3,5H2,1-2H3,(H,13,14). The van der Waals surface area contributed by atoms with Crippen molar-refractivity contribution in [3.8, 4) is 0 Å². The summed E-state index contributed by atoms with van der Waals surface area (Å²) in [6.45, 7) is 1.87. The summed E-state index contributed by atoms with van der Waals surface area (Å²) in [5.74, 6) is -0.223. The van der Waals surface area contributed by atoms with Gasteiger partial charge in [0.25, 0.3) is 0 Å². The normalized spacial score (nSPS) is 11.2. The summed E-state index contributed by atoms with van der Waals surface area (Å²) in [6.07, 6.45) is 2.10. The molecule has 0 bridgehead atoms. The molecule has 0 aromatic heterocycles. The van der Waals surface area contributed by atoms with Crippen molar-refractivity contribution >= 4 is 33.0 Å². The molecule has 94 valence electrons. The van der Waals surface area contributed by atoms with Crippen LogP contribution in [0.25, 0.3) is 0 Å². The second-order valence-corrected chi connectivity index (χ2v) is 6.05. The van der Waals surface area contributed by atoms with Gasteiger partial charge in [-0.05, 0) is 18.6 Å². The van der Waals surface area contributed by atoms with Crippen LogP contribution in [-0.4, -0.2) is 20.6 Å². The van der Waals surface area contributed by atoms with Crippen molar-refractivity contribution in [1.29, 1.82) is 0 Å². The fourth-order valence-corrected chi connectivity index (χ4v) is 2.96. The molecule has 17 heavy (non-hydrogen) atoms. The number of hydrogen-bond donors (Lipinski definition) is 1. The molecule has 0 fully saturated rings. The van der Waals surface area contributed by atoms with Gasteiger partial charge < -0.3 is 5.32 Å². The molecule has 0 radical (unpaired) electrons. The van der Waals surface area contributed by atoms with E-state index in [9.17, 15) is 13.2 Å². The number of halogens is 1. The van der Waals surface area contributed by atoms with E-state index in [0.717, 1.165) is 6.26 Å². The molecule has 0 saturated carbocycles. The maximum Gasteiger partial charge on any atom is 0.224 e. The molecule has 0 atom stereocenters. The second-order valence-electron chi connectivity index (χ2n) is 3.69. The maximum atomic E-state index is 11.6. The van der Waals surface area contributed by atoms with E-state index in [4.69, 9.17) is 11.6 Å². The molecular weight excluding hydrogens is 262 g/mol. The molecule has 6 heteroatoms. The van der Waals surface area contributed by atoms with E-state index in [2.05, 4.69) is 5.32 Å². The minimum absolute atomic E-state index is 0.0360. The molecule has 1 aromatic carbocycles. The van der Waals surface area contributed by atoms with Gasteiger partial charge >= 0.3 is 0 Å². The molecule has 0 saturated heterocycles. The Morgan fingerprint density at radius 2 is 2.06 bits per heavy atom. The van der Waals surface area contributed by atoms with Crippen molar-refractivity contribution in [1.82, 2.24) is 0 Å². The van der Waals surface area contributed by atoms with E-state index in [1.54, 1.807) is 6.07 Å². The topological polar surface area (TPSA) is 63.2 Å². The third-order valence-corrected chi connectivity index (χ3v) is 3.70. The first-order valence-electron chi connectivity index (χ1n) is 5.14. The molecule has 1 amide bonds. The summed E-state index contributed by atoms with van der Waals surface area (Å²) in [4.78, 5) is 11.4. The fourth-order valence-electron chi connectivity index (χ4n) is 1.42. The van der Waals surface area contributed by atoms with Crippen LogP contribution in [0.3, 0.4) is 0 Å². The van der Waals surface area contributed by atoms with Crippen LogP contribution < -0.4 is 5.32 Å². The van der Waals surface area contributed by atoms with Crippen molar-refractivity contribution in [2.75, 3.05) is 11.6 Å². The highest BCUT2D eigenvalue weighted by molar-refractivity contribution is 7.91. The molecule has 0 aliphatic carbocycles. The smallest absolute Gasteiger partial charge is 0.224 e. The van der Waals surface area contributed by atoms with Gasteiger partial charge in [-0.2, -0.15) is 0 Å². The lowest BCUT2D eigenvalue weighted by Crippen LogP contribution is -2.14. The Hall–Kier alpha value is -1.07. The van der Waals surface area contributed by atoms with E-state index >= 15 is 0 Å². The number of hydrogen-bond acceptors (Lipinski definition) is 3. The van der Waals surface area contributed by atoms with E-state index < -0.39 is 9.84 Å². The number of amides is 1. The fraction of sp³-hybridized carbons (Fsp3) is 0.364. The third kappa shape index (κ3) is 3.71. The Kier molecular flexibility index (Phi) is 4.54. The van der Waals surface area contributed by atoms with Gasteiger partial charge in [0, 0.05) is 12.7 Å². The number of carbonyl (C=O) groups excluding carboxylic acids is 1.